The highest BCUT2D eigenvalue weighted by molar-refractivity contribution is 14.1. The van der Waals surface area contributed by atoms with Crippen LogP contribution in [0.4, 0.5) is 0 Å². The highest BCUT2D eigenvalue weighted by Crippen LogP contribution is 2.60. The van der Waals surface area contributed by atoms with Gasteiger partial charge in [-0.3, -0.25) is 0 Å². The molecule has 5 atom stereocenters. The summed E-state index contributed by atoms with van der Waals surface area (Å²) >= 11 is 2.42. The van der Waals surface area contributed by atoms with Crippen LogP contribution in [0.15, 0.2) is 21.5 Å². The quantitative estimate of drug-likeness (QED) is 0.483. The predicted octanol–water partition coefficient (Wildman–Crippen LogP) is 5.13. The molecular weight excluding hydrogens is 415 g/mol. The Morgan fingerprint density at radius 2 is 2.21 bits per heavy atom. The number of aliphatic hydroxyl groups is 1. The molecule has 0 aromatic rings. The monoisotopic (exact) mass is 444 g/mol. The zero-order valence-electron chi connectivity index (χ0n) is 15.0. The van der Waals surface area contributed by atoms with Crippen molar-refractivity contribution in [3.8, 4) is 0 Å². The van der Waals surface area contributed by atoms with Crippen LogP contribution < -0.4 is 0 Å². The number of carbonyl (C=O) groups is 1. The standard InChI is InChI=1S/C20H29IO3/c1-13(6-7-15-11-20(3,23)18(22)24-15)16-8-9-17-14(12-21)5-4-10-19(16,17)2/h11-13,16-17,23H,4-10H2,1-3H3/b14-12+/t13-,16-,17?,19-,20+/m1/s1. The van der Waals surface area contributed by atoms with Gasteiger partial charge in [0.1, 0.15) is 5.76 Å². The Kier molecular flexibility index (Phi) is 5.18. The maximum atomic E-state index is 11.6. The molecule has 3 rings (SSSR count). The normalized spacial score (nSPS) is 42.0. The van der Waals surface area contributed by atoms with Crippen LogP contribution in [0, 0.1) is 23.2 Å². The summed E-state index contributed by atoms with van der Waals surface area (Å²) in [5.74, 6) is 2.22. The Bertz CT molecular complexity index is 577. The first-order valence-corrected chi connectivity index (χ1v) is 10.5. The molecule has 0 radical (unpaired) electrons. The van der Waals surface area contributed by atoms with Crippen LogP contribution in [0.1, 0.15) is 65.7 Å². The zero-order valence-corrected chi connectivity index (χ0v) is 17.1. The van der Waals surface area contributed by atoms with Crippen LogP contribution in [-0.2, 0) is 9.53 Å². The van der Waals surface area contributed by atoms with E-state index in [2.05, 4.69) is 40.5 Å². The molecule has 0 aromatic heterocycles. The van der Waals surface area contributed by atoms with Crippen molar-refractivity contribution in [2.24, 2.45) is 23.2 Å². The van der Waals surface area contributed by atoms with E-state index in [1.165, 1.54) is 39.0 Å². The van der Waals surface area contributed by atoms with Crippen molar-refractivity contribution < 1.29 is 14.6 Å². The van der Waals surface area contributed by atoms with Crippen molar-refractivity contribution >= 4 is 28.6 Å². The molecule has 2 fully saturated rings. The summed E-state index contributed by atoms with van der Waals surface area (Å²) in [6.45, 7) is 6.36. The van der Waals surface area contributed by atoms with E-state index in [9.17, 15) is 9.90 Å². The minimum atomic E-state index is -1.44. The molecule has 2 aliphatic carbocycles. The van der Waals surface area contributed by atoms with Gasteiger partial charge >= 0.3 is 5.97 Å². The molecule has 134 valence electrons. The Labute approximate surface area is 159 Å². The van der Waals surface area contributed by atoms with Gasteiger partial charge in [-0.05, 0) is 78.8 Å². The van der Waals surface area contributed by atoms with E-state index in [1.54, 1.807) is 11.6 Å². The second-order valence-corrected chi connectivity index (χ2v) is 9.07. The molecule has 0 amide bonds. The second-order valence-electron chi connectivity index (χ2n) is 8.44. The minimum Gasteiger partial charge on any atom is -0.429 e. The fourth-order valence-electron chi connectivity index (χ4n) is 5.46. The molecule has 1 unspecified atom stereocenters. The molecule has 1 aliphatic heterocycles. The molecule has 2 saturated carbocycles. The largest absolute Gasteiger partial charge is 0.429 e. The summed E-state index contributed by atoms with van der Waals surface area (Å²) in [6.07, 6.45) is 9.92. The van der Waals surface area contributed by atoms with E-state index in [-0.39, 0.29) is 0 Å². The molecular formula is C20H29IO3. The number of fused-ring (bicyclic) bond motifs is 1. The molecule has 3 aliphatic rings. The lowest BCUT2D eigenvalue weighted by Crippen LogP contribution is -2.35. The van der Waals surface area contributed by atoms with Gasteiger partial charge in [-0.25, -0.2) is 4.79 Å². The van der Waals surface area contributed by atoms with E-state index in [4.69, 9.17) is 4.74 Å². The maximum absolute atomic E-state index is 11.6. The van der Waals surface area contributed by atoms with Crippen LogP contribution in [0.25, 0.3) is 0 Å². The van der Waals surface area contributed by atoms with Crippen LogP contribution in [0.3, 0.4) is 0 Å². The lowest BCUT2D eigenvalue weighted by atomic mass is 9.61. The minimum absolute atomic E-state index is 0.431. The molecule has 24 heavy (non-hydrogen) atoms. The SMILES string of the molecule is C[C@H](CCC1=C[C@](C)(O)C(=O)O1)[C@H]1CCC2/C(=C/I)CCC[C@@]21C. The molecule has 1 N–H and O–H groups in total. The Morgan fingerprint density at radius 1 is 1.46 bits per heavy atom. The summed E-state index contributed by atoms with van der Waals surface area (Å²) in [6, 6.07) is 0. The van der Waals surface area contributed by atoms with E-state index in [1.807, 2.05) is 0 Å². The highest BCUT2D eigenvalue weighted by Gasteiger charge is 2.50. The average Bonchev–Trinajstić information content (AvgIpc) is 3.00. The van der Waals surface area contributed by atoms with Crippen LogP contribution in [0.5, 0.6) is 0 Å². The number of halogens is 1. The first-order valence-electron chi connectivity index (χ1n) is 9.23. The Balaban J connectivity index is 1.64. The topological polar surface area (TPSA) is 46.5 Å². The molecule has 0 spiro atoms. The second kappa shape index (κ2) is 6.75. The fourth-order valence-corrected chi connectivity index (χ4v) is 6.21. The molecule has 0 saturated heterocycles. The van der Waals surface area contributed by atoms with Crippen molar-refractivity contribution in [1.29, 1.82) is 0 Å². The first kappa shape index (κ1) is 18.4. The summed E-state index contributed by atoms with van der Waals surface area (Å²) in [5, 5.41) is 9.90. The summed E-state index contributed by atoms with van der Waals surface area (Å²) in [5.41, 5.74) is 0.662. The molecule has 1 heterocycles. The first-order chi connectivity index (χ1) is 11.3. The summed E-state index contributed by atoms with van der Waals surface area (Å²) < 4.78 is 7.55. The number of esters is 1. The fraction of sp³-hybridized carbons (Fsp3) is 0.750. The van der Waals surface area contributed by atoms with E-state index < -0.39 is 11.6 Å². The van der Waals surface area contributed by atoms with Gasteiger partial charge in [-0.15, -0.1) is 0 Å². The van der Waals surface area contributed by atoms with Crippen molar-refractivity contribution in [2.75, 3.05) is 0 Å². The number of ether oxygens (including phenoxy) is 1. The number of carbonyl (C=O) groups excluding carboxylic acids is 1. The van der Waals surface area contributed by atoms with Crippen molar-refractivity contribution in [2.45, 2.75) is 71.3 Å². The smallest absolute Gasteiger partial charge is 0.347 e. The van der Waals surface area contributed by atoms with Gasteiger partial charge in [0, 0.05) is 6.42 Å². The van der Waals surface area contributed by atoms with Crippen LogP contribution in [0.2, 0.25) is 0 Å². The van der Waals surface area contributed by atoms with Crippen molar-refractivity contribution in [1.82, 2.24) is 0 Å². The predicted molar refractivity (Wildman–Crippen MR) is 103 cm³/mol. The van der Waals surface area contributed by atoms with E-state index in [0.29, 0.717) is 17.1 Å². The van der Waals surface area contributed by atoms with Crippen LogP contribution in [-0.4, -0.2) is 16.7 Å². The Hall–Kier alpha value is -0.360. The van der Waals surface area contributed by atoms with Crippen LogP contribution >= 0.6 is 22.6 Å². The zero-order chi connectivity index (χ0) is 17.5. The molecule has 0 bridgehead atoms. The average molecular weight is 444 g/mol. The van der Waals surface area contributed by atoms with Gasteiger partial charge < -0.3 is 9.84 Å². The summed E-state index contributed by atoms with van der Waals surface area (Å²) in [4.78, 5) is 11.6. The number of rotatable bonds is 4. The molecule has 4 heteroatoms. The number of cyclic esters (lactones) is 1. The van der Waals surface area contributed by atoms with E-state index >= 15 is 0 Å². The highest BCUT2D eigenvalue weighted by atomic mass is 127. The maximum Gasteiger partial charge on any atom is 0.347 e. The van der Waals surface area contributed by atoms with Gasteiger partial charge in [0.2, 0.25) is 0 Å². The van der Waals surface area contributed by atoms with Crippen molar-refractivity contribution in [3.63, 3.8) is 0 Å². The number of hydrogen-bond donors (Lipinski definition) is 1. The van der Waals surface area contributed by atoms with Gasteiger partial charge in [0.25, 0.3) is 0 Å². The van der Waals surface area contributed by atoms with Gasteiger partial charge in [-0.2, -0.15) is 0 Å². The lowest BCUT2D eigenvalue weighted by Gasteiger charge is -2.44. The van der Waals surface area contributed by atoms with Gasteiger partial charge in [-0.1, -0.05) is 42.0 Å². The lowest BCUT2D eigenvalue weighted by molar-refractivity contribution is -0.150. The summed E-state index contributed by atoms with van der Waals surface area (Å²) in [7, 11) is 0. The third kappa shape index (κ3) is 3.20. The third-order valence-corrected chi connectivity index (χ3v) is 7.59. The van der Waals surface area contributed by atoms with Crippen molar-refractivity contribution in [3.05, 3.63) is 21.5 Å². The molecule has 3 nitrogen and oxygen atoms in total. The number of allylic oxidation sites excluding steroid dienone is 2. The van der Waals surface area contributed by atoms with Gasteiger partial charge in [0.15, 0.2) is 5.60 Å². The molecule has 0 aromatic carbocycles. The van der Waals surface area contributed by atoms with Gasteiger partial charge in [0.05, 0.1) is 0 Å². The number of hydrogen-bond acceptors (Lipinski definition) is 3. The third-order valence-electron chi connectivity index (χ3n) is 6.79. The van der Waals surface area contributed by atoms with E-state index in [0.717, 1.165) is 24.7 Å². The Morgan fingerprint density at radius 3 is 2.83 bits per heavy atom.